The van der Waals surface area contributed by atoms with Crippen molar-refractivity contribution in [3.63, 3.8) is 0 Å². The highest BCUT2D eigenvalue weighted by Crippen LogP contribution is 2.28. The molecule has 3 aromatic rings. The molecule has 5 nitrogen and oxygen atoms in total. The van der Waals surface area contributed by atoms with Crippen LogP contribution >= 0.6 is 22.9 Å². The Hall–Kier alpha value is -2.44. The molecular weight excluding hydrogens is 370 g/mol. The van der Waals surface area contributed by atoms with E-state index in [2.05, 4.69) is 29.4 Å². The van der Waals surface area contributed by atoms with Gasteiger partial charge in [0.2, 0.25) is 5.13 Å². The van der Waals surface area contributed by atoms with Gasteiger partial charge in [0.05, 0.1) is 0 Å². The predicted octanol–water partition coefficient (Wildman–Crippen LogP) is 5.00. The predicted molar refractivity (Wildman–Crippen MR) is 105 cm³/mol. The number of aromatic nitrogens is 2. The SMILES string of the molecule is CC(C)c1ccccc1OCC(=O)Nc1nnc(-c2ccc(Cl)cc2)s1. The second-order valence-electron chi connectivity index (χ2n) is 5.95. The lowest BCUT2D eigenvalue weighted by Crippen LogP contribution is -2.20. The molecule has 1 heterocycles. The molecule has 0 spiro atoms. The number of rotatable bonds is 6. The summed E-state index contributed by atoms with van der Waals surface area (Å²) >= 11 is 7.18. The van der Waals surface area contributed by atoms with E-state index in [1.54, 1.807) is 12.1 Å². The zero-order valence-corrected chi connectivity index (χ0v) is 16.0. The maximum Gasteiger partial charge on any atom is 0.264 e. The van der Waals surface area contributed by atoms with E-state index >= 15 is 0 Å². The number of halogens is 1. The normalized spacial score (nSPS) is 10.8. The molecule has 0 aliphatic heterocycles. The monoisotopic (exact) mass is 387 g/mol. The van der Waals surface area contributed by atoms with Crippen LogP contribution in [-0.4, -0.2) is 22.7 Å². The van der Waals surface area contributed by atoms with Crippen molar-refractivity contribution in [1.82, 2.24) is 10.2 Å². The number of amides is 1. The minimum absolute atomic E-state index is 0.0837. The number of carbonyl (C=O) groups is 1. The molecule has 0 saturated heterocycles. The third-order valence-corrected chi connectivity index (χ3v) is 4.80. The minimum Gasteiger partial charge on any atom is -0.483 e. The standard InChI is InChI=1S/C19H18ClN3O2S/c1-12(2)15-5-3-4-6-16(15)25-11-17(24)21-19-23-22-18(26-19)13-7-9-14(20)10-8-13/h3-10,12H,11H2,1-2H3,(H,21,23,24). The van der Waals surface area contributed by atoms with Crippen molar-refractivity contribution < 1.29 is 9.53 Å². The number of nitrogens with zero attached hydrogens (tertiary/aromatic N) is 2. The molecule has 1 amide bonds. The van der Waals surface area contributed by atoms with Gasteiger partial charge in [-0.15, -0.1) is 10.2 Å². The number of nitrogens with one attached hydrogen (secondary N) is 1. The van der Waals surface area contributed by atoms with Gasteiger partial charge in [0, 0.05) is 10.6 Å². The van der Waals surface area contributed by atoms with Crippen LogP contribution in [0.25, 0.3) is 10.6 Å². The maximum absolute atomic E-state index is 12.1. The molecule has 3 rings (SSSR count). The summed E-state index contributed by atoms with van der Waals surface area (Å²) in [6, 6.07) is 15.0. The van der Waals surface area contributed by atoms with E-state index in [1.165, 1.54) is 11.3 Å². The van der Waals surface area contributed by atoms with Crippen LogP contribution in [0, 0.1) is 0 Å². The van der Waals surface area contributed by atoms with Gasteiger partial charge in [-0.3, -0.25) is 10.1 Å². The van der Waals surface area contributed by atoms with Gasteiger partial charge in [-0.1, -0.05) is 67.1 Å². The average Bonchev–Trinajstić information content (AvgIpc) is 3.09. The molecule has 0 unspecified atom stereocenters. The molecule has 0 fully saturated rings. The maximum atomic E-state index is 12.1. The Morgan fingerprint density at radius 2 is 1.88 bits per heavy atom. The van der Waals surface area contributed by atoms with Gasteiger partial charge >= 0.3 is 0 Å². The van der Waals surface area contributed by atoms with Crippen LogP contribution in [-0.2, 0) is 4.79 Å². The highest BCUT2D eigenvalue weighted by atomic mass is 35.5. The largest absolute Gasteiger partial charge is 0.483 e. The van der Waals surface area contributed by atoms with Gasteiger partial charge in [0.1, 0.15) is 10.8 Å². The van der Waals surface area contributed by atoms with Crippen LogP contribution in [0.15, 0.2) is 48.5 Å². The number of hydrogen-bond acceptors (Lipinski definition) is 5. The van der Waals surface area contributed by atoms with Crippen molar-refractivity contribution >= 4 is 34.0 Å². The Morgan fingerprint density at radius 1 is 1.15 bits per heavy atom. The Morgan fingerprint density at radius 3 is 2.62 bits per heavy atom. The number of para-hydroxylation sites is 1. The van der Waals surface area contributed by atoms with Crippen LogP contribution in [0.5, 0.6) is 5.75 Å². The Balaban J connectivity index is 1.60. The highest BCUT2D eigenvalue weighted by Gasteiger charge is 2.12. The van der Waals surface area contributed by atoms with Crippen molar-refractivity contribution in [3.05, 3.63) is 59.1 Å². The summed E-state index contributed by atoms with van der Waals surface area (Å²) < 4.78 is 5.67. The number of hydrogen-bond donors (Lipinski definition) is 1. The molecule has 26 heavy (non-hydrogen) atoms. The molecule has 0 aliphatic carbocycles. The molecule has 7 heteroatoms. The summed E-state index contributed by atoms with van der Waals surface area (Å²) in [5.41, 5.74) is 1.97. The molecular formula is C19H18ClN3O2S. The molecule has 1 N–H and O–H groups in total. The van der Waals surface area contributed by atoms with E-state index in [0.29, 0.717) is 21.1 Å². The first-order valence-corrected chi connectivity index (χ1v) is 9.33. The lowest BCUT2D eigenvalue weighted by atomic mass is 10.0. The van der Waals surface area contributed by atoms with E-state index < -0.39 is 0 Å². The lowest BCUT2D eigenvalue weighted by molar-refractivity contribution is -0.118. The van der Waals surface area contributed by atoms with E-state index in [1.807, 2.05) is 36.4 Å². The molecule has 134 valence electrons. The summed E-state index contributed by atoms with van der Waals surface area (Å²) in [4.78, 5) is 12.1. The van der Waals surface area contributed by atoms with Crippen molar-refractivity contribution in [2.75, 3.05) is 11.9 Å². The summed E-state index contributed by atoms with van der Waals surface area (Å²) in [5, 5.41) is 12.6. The van der Waals surface area contributed by atoms with Gasteiger partial charge in [0.15, 0.2) is 6.61 Å². The summed E-state index contributed by atoms with van der Waals surface area (Å²) in [6.07, 6.45) is 0. The van der Waals surface area contributed by atoms with Crippen molar-refractivity contribution in [3.8, 4) is 16.3 Å². The summed E-state index contributed by atoms with van der Waals surface area (Å²) in [7, 11) is 0. The van der Waals surface area contributed by atoms with E-state index in [4.69, 9.17) is 16.3 Å². The minimum atomic E-state index is -0.276. The summed E-state index contributed by atoms with van der Waals surface area (Å²) in [6.45, 7) is 4.09. The van der Waals surface area contributed by atoms with Crippen LogP contribution in [0.1, 0.15) is 25.3 Å². The first kappa shape index (κ1) is 18.4. The fourth-order valence-corrected chi connectivity index (χ4v) is 3.26. The first-order chi connectivity index (χ1) is 12.5. The van der Waals surface area contributed by atoms with E-state index in [0.717, 1.165) is 16.9 Å². The Bertz CT molecular complexity index is 894. The van der Waals surface area contributed by atoms with Crippen molar-refractivity contribution in [1.29, 1.82) is 0 Å². The van der Waals surface area contributed by atoms with Gasteiger partial charge in [0.25, 0.3) is 5.91 Å². The third kappa shape index (κ3) is 4.59. The zero-order chi connectivity index (χ0) is 18.5. The molecule has 0 saturated carbocycles. The smallest absolute Gasteiger partial charge is 0.264 e. The molecule has 0 aliphatic rings. The molecule has 0 radical (unpaired) electrons. The fraction of sp³-hybridized carbons (Fsp3) is 0.211. The van der Waals surface area contributed by atoms with Crippen molar-refractivity contribution in [2.24, 2.45) is 0 Å². The Labute approximate surface area is 161 Å². The fourth-order valence-electron chi connectivity index (χ4n) is 2.37. The highest BCUT2D eigenvalue weighted by molar-refractivity contribution is 7.18. The number of carbonyl (C=O) groups excluding carboxylic acids is 1. The van der Waals surface area contributed by atoms with Crippen molar-refractivity contribution in [2.45, 2.75) is 19.8 Å². The van der Waals surface area contributed by atoms with Crippen LogP contribution < -0.4 is 10.1 Å². The molecule has 1 aromatic heterocycles. The average molecular weight is 388 g/mol. The van der Waals surface area contributed by atoms with Crippen LogP contribution in [0.3, 0.4) is 0 Å². The zero-order valence-electron chi connectivity index (χ0n) is 14.4. The number of benzene rings is 2. The molecule has 0 atom stereocenters. The lowest BCUT2D eigenvalue weighted by Gasteiger charge is -2.13. The quantitative estimate of drug-likeness (QED) is 0.646. The third-order valence-electron chi connectivity index (χ3n) is 3.66. The van der Waals surface area contributed by atoms with Gasteiger partial charge in [-0.05, 0) is 29.7 Å². The van der Waals surface area contributed by atoms with E-state index in [-0.39, 0.29) is 12.5 Å². The van der Waals surface area contributed by atoms with Crippen LogP contribution in [0.2, 0.25) is 5.02 Å². The molecule has 0 bridgehead atoms. The second-order valence-corrected chi connectivity index (χ2v) is 7.36. The number of ether oxygens (including phenoxy) is 1. The summed E-state index contributed by atoms with van der Waals surface area (Å²) in [5.74, 6) is 0.762. The van der Waals surface area contributed by atoms with Crippen LogP contribution in [0.4, 0.5) is 5.13 Å². The number of anilines is 1. The first-order valence-electron chi connectivity index (χ1n) is 8.14. The topological polar surface area (TPSA) is 64.1 Å². The molecule has 2 aromatic carbocycles. The van der Waals surface area contributed by atoms with Gasteiger partial charge < -0.3 is 4.74 Å². The Kier molecular flexibility index (Phi) is 5.85. The van der Waals surface area contributed by atoms with Gasteiger partial charge in [-0.25, -0.2) is 0 Å². The van der Waals surface area contributed by atoms with Gasteiger partial charge in [-0.2, -0.15) is 0 Å². The second kappa shape index (κ2) is 8.29. The van der Waals surface area contributed by atoms with E-state index in [9.17, 15) is 4.79 Å².